The SMILES string of the molecule is CCNC(=NCc1coc(-c2ccccc2)n1)NCC(=O)NCc1ccco1. The molecule has 0 aliphatic rings. The summed E-state index contributed by atoms with van der Waals surface area (Å²) in [4.78, 5) is 20.8. The van der Waals surface area contributed by atoms with Crippen LogP contribution in [0.1, 0.15) is 18.4 Å². The van der Waals surface area contributed by atoms with E-state index in [1.807, 2.05) is 37.3 Å². The molecular formula is C20H23N5O3. The fourth-order valence-electron chi connectivity index (χ4n) is 2.42. The van der Waals surface area contributed by atoms with E-state index in [1.54, 1.807) is 24.7 Å². The molecule has 0 spiro atoms. The number of guanidine groups is 1. The van der Waals surface area contributed by atoms with Crippen molar-refractivity contribution in [1.29, 1.82) is 0 Å². The predicted molar refractivity (Wildman–Crippen MR) is 105 cm³/mol. The van der Waals surface area contributed by atoms with Crippen LogP contribution in [0.5, 0.6) is 0 Å². The van der Waals surface area contributed by atoms with Crippen LogP contribution >= 0.6 is 0 Å². The van der Waals surface area contributed by atoms with E-state index < -0.39 is 0 Å². The van der Waals surface area contributed by atoms with Crippen LogP contribution in [0.15, 0.2) is 68.8 Å². The molecule has 0 aliphatic heterocycles. The van der Waals surface area contributed by atoms with Crippen molar-refractivity contribution in [3.63, 3.8) is 0 Å². The van der Waals surface area contributed by atoms with Crippen molar-refractivity contribution in [2.24, 2.45) is 4.99 Å². The molecular weight excluding hydrogens is 358 g/mol. The van der Waals surface area contributed by atoms with Gasteiger partial charge in [0.05, 0.1) is 25.9 Å². The lowest BCUT2D eigenvalue weighted by Gasteiger charge is -2.10. The molecule has 1 aromatic carbocycles. The summed E-state index contributed by atoms with van der Waals surface area (Å²) in [6.45, 7) is 3.41. The van der Waals surface area contributed by atoms with Crippen LogP contribution in [-0.2, 0) is 17.9 Å². The third kappa shape index (κ3) is 5.73. The van der Waals surface area contributed by atoms with Gasteiger partial charge in [-0.2, -0.15) is 0 Å². The Kier molecular flexibility index (Phi) is 6.84. The van der Waals surface area contributed by atoms with Gasteiger partial charge in [-0.05, 0) is 31.2 Å². The number of rotatable bonds is 8. The van der Waals surface area contributed by atoms with Crippen LogP contribution in [0.3, 0.4) is 0 Å². The van der Waals surface area contributed by atoms with Gasteiger partial charge in [-0.1, -0.05) is 18.2 Å². The Balaban J connectivity index is 1.51. The molecule has 8 nitrogen and oxygen atoms in total. The van der Waals surface area contributed by atoms with E-state index in [-0.39, 0.29) is 12.5 Å². The maximum Gasteiger partial charge on any atom is 0.239 e. The first-order chi connectivity index (χ1) is 13.7. The highest BCUT2D eigenvalue weighted by atomic mass is 16.3. The second-order valence-electron chi connectivity index (χ2n) is 5.91. The highest BCUT2D eigenvalue weighted by molar-refractivity contribution is 5.86. The summed E-state index contributed by atoms with van der Waals surface area (Å²) in [7, 11) is 0. The Morgan fingerprint density at radius 2 is 1.93 bits per heavy atom. The van der Waals surface area contributed by atoms with Gasteiger partial charge in [-0.3, -0.25) is 4.79 Å². The first kappa shape index (κ1) is 19.2. The minimum atomic E-state index is -0.158. The van der Waals surface area contributed by atoms with E-state index in [4.69, 9.17) is 8.83 Å². The maximum atomic E-state index is 12.0. The van der Waals surface area contributed by atoms with E-state index in [9.17, 15) is 4.79 Å². The van der Waals surface area contributed by atoms with Gasteiger partial charge in [-0.15, -0.1) is 0 Å². The van der Waals surface area contributed by atoms with Gasteiger partial charge in [0, 0.05) is 12.1 Å². The zero-order chi connectivity index (χ0) is 19.6. The zero-order valence-electron chi connectivity index (χ0n) is 15.6. The van der Waals surface area contributed by atoms with Crippen LogP contribution < -0.4 is 16.0 Å². The largest absolute Gasteiger partial charge is 0.467 e. The fraction of sp³-hybridized carbons (Fsp3) is 0.250. The summed E-state index contributed by atoms with van der Waals surface area (Å²) >= 11 is 0. The number of aliphatic imine (C=N–C) groups is 1. The summed E-state index contributed by atoms with van der Waals surface area (Å²) in [6.07, 6.45) is 3.16. The first-order valence-electron chi connectivity index (χ1n) is 9.05. The molecule has 0 saturated carbocycles. The Morgan fingerprint density at radius 3 is 2.68 bits per heavy atom. The van der Waals surface area contributed by atoms with Gasteiger partial charge in [0.2, 0.25) is 11.8 Å². The zero-order valence-corrected chi connectivity index (χ0v) is 15.6. The number of nitrogens with one attached hydrogen (secondary N) is 3. The van der Waals surface area contributed by atoms with Crippen molar-refractivity contribution in [3.05, 3.63) is 66.4 Å². The minimum Gasteiger partial charge on any atom is -0.467 e. The molecule has 3 aromatic rings. The average molecular weight is 381 g/mol. The van der Waals surface area contributed by atoms with E-state index in [2.05, 4.69) is 25.9 Å². The molecule has 2 aromatic heterocycles. The molecule has 0 atom stereocenters. The van der Waals surface area contributed by atoms with Crippen molar-refractivity contribution in [3.8, 4) is 11.5 Å². The molecule has 0 aliphatic carbocycles. The quantitative estimate of drug-likeness (QED) is 0.409. The van der Waals surface area contributed by atoms with Crippen LogP contribution in [0.2, 0.25) is 0 Å². The van der Waals surface area contributed by atoms with Gasteiger partial charge in [0.25, 0.3) is 0 Å². The van der Waals surface area contributed by atoms with E-state index >= 15 is 0 Å². The molecule has 0 bridgehead atoms. The highest BCUT2D eigenvalue weighted by Crippen LogP contribution is 2.18. The van der Waals surface area contributed by atoms with Crippen molar-refractivity contribution in [2.75, 3.05) is 13.1 Å². The lowest BCUT2D eigenvalue weighted by molar-refractivity contribution is -0.120. The van der Waals surface area contributed by atoms with E-state index in [0.717, 1.165) is 5.56 Å². The van der Waals surface area contributed by atoms with Gasteiger partial charge in [0.15, 0.2) is 5.96 Å². The summed E-state index contributed by atoms with van der Waals surface area (Å²) in [5.41, 5.74) is 1.62. The Morgan fingerprint density at radius 1 is 1.07 bits per heavy atom. The molecule has 1 amide bonds. The molecule has 146 valence electrons. The van der Waals surface area contributed by atoms with Gasteiger partial charge < -0.3 is 24.8 Å². The molecule has 3 N–H and O–H groups in total. The number of carbonyl (C=O) groups is 1. The topological polar surface area (TPSA) is 105 Å². The number of hydrogen-bond acceptors (Lipinski definition) is 5. The summed E-state index contributed by atoms with van der Waals surface area (Å²) in [6, 6.07) is 13.3. The summed E-state index contributed by atoms with van der Waals surface area (Å²) in [5, 5.41) is 8.87. The van der Waals surface area contributed by atoms with E-state index in [1.165, 1.54) is 0 Å². The third-order valence-electron chi connectivity index (χ3n) is 3.77. The lowest BCUT2D eigenvalue weighted by atomic mass is 10.2. The predicted octanol–water partition coefficient (Wildman–Crippen LogP) is 2.31. The molecule has 0 radical (unpaired) electrons. The van der Waals surface area contributed by atoms with Crippen molar-refractivity contribution in [1.82, 2.24) is 20.9 Å². The smallest absolute Gasteiger partial charge is 0.239 e. The monoisotopic (exact) mass is 381 g/mol. The number of nitrogens with zero attached hydrogens (tertiary/aromatic N) is 2. The number of aromatic nitrogens is 1. The van der Waals surface area contributed by atoms with Crippen molar-refractivity contribution in [2.45, 2.75) is 20.0 Å². The molecule has 0 unspecified atom stereocenters. The first-order valence-corrected chi connectivity index (χ1v) is 9.05. The standard InChI is InChI=1S/C20H23N5O3/c1-2-21-20(24-13-18(26)22-12-17-9-6-10-27-17)23-11-16-14-28-19(25-16)15-7-4-3-5-8-15/h3-10,14H,2,11-13H2,1H3,(H,22,26)(H2,21,23,24). The molecule has 8 heteroatoms. The average Bonchev–Trinajstić information content (AvgIpc) is 3.41. The van der Waals surface area contributed by atoms with Crippen LogP contribution in [-0.4, -0.2) is 29.9 Å². The number of hydrogen-bond donors (Lipinski definition) is 3. The van der Waals surface area contributed by atoms with E-state index in [0.29, 0.717) is 42.9 Å². The number of amides is 1. The summed E-state index contributed by atoms with van der Waals surface area (Å²) in [5.74, 6) is 1.63. The Labute approximate surface area is 163 Å². The third-order valence-corrected chi connectivity index (χ3v) is 3.77. The molecule has 0 fully saturated rings. The number of carbonyl (C=O) groups excluding carboxylic acids is 1. The number of oxazole rings is 1. The maximum absolute atomic E-state index is 12.0. The Hall–Kier alpha value is -3.55. The normalized spacial score (nSPS) is 11.2. The van der Waals surface area contributed by atoms with Crippen molar-refractivity contribution >= 4 is 11.9 Å². The molecule has 3 rings (SSSR count). The molecule has 28 heavy (non-hydrogen) atoms. The van der Waals surface area contributed by atoms with Crippen molar-refractivity contribution < 1.29 is 13.6 Å². The van der Waals surface area contributed by atoms with Gasteiger partial charge >= 0.3 is 0 Å². The summed E-state index contributed by atoms with van der Waals surface area (Å²) < 4.78 is 10.7. The molecule has 2 heterocycles. The van der Waals surface area contributed by atoms with Crippen LogP contribution in [0, 0.1) is 0 Å². The van der Waals surface area contributed by atoms with Gasteiger partial charge in [-0.25, -0.2) is 9.98 Å². The Bertz CT molecular complexity index is 888. The fourth-order valence-corrected chi connectivity index (χ4v) is 2.42. The second kappa shape index (κ2) is 9.96. The van der Waals surface area contributed by atoms with Crippen LogP contribution in [0.25, 0.3) is 11.5 Å². The lowest BCUT2D eigenvalue weighted by Crippen LogP contribution is -2.43. The van der Waals surface area contributed by atoms with Crippen LogP contribution in [0.4, 0.5) is 0 Å². The number of furan rings is 1. The molecule has 0 saturated heterocycles. The highest BCUT2D eigenvalue weighted by Gasteiger charge is 2.07. The number of benzene rings is 1. The minimum absolute atomic E-state index is 0.0978. The van der Waals surface area contributed by atoms with Gasteiger partial charge in [0.1, 0.15) is 17.7 Å². The second-order valence-corrected chi connectivity index (χ2v) is 5.91.